The third kappa shape index (κ3) is 3.50. The lowest BCUT2D eigenvalue weighted by Gasteiger charge is -2.22. The van der Waals surface area contributed by atoms with E-state index in [4.69, 9.17) is 9.47 Å². The summed E-state index contributed by atoms with van der Waals surface area (Å²) in [5.74, 6) is -0.147. The molecule has 1 aromatic rings. The molecule has 7 nitrogen and oxygen atoms in total. The van der Waals surface area contributed by atoms with Crippen molar-refractivity contribution in [1.82, 2.24) is 10.2 Å². The van der Waals surface area contributed by atoms with Crippen LogP contribution in [0.15, 0.2) is 24.3 Å². The van der Waals surface area contributed by atoms with Gasteiger partial charge in [-0.05, 0) is 31.0 Å². The molecule has 130 valence electrons. The van der Waals surface area contributed by atoms with Gasteiger partial charge in [0.2, 0.25) is 0 Å². The number of methoxy groups -OCH3 is 1. The summed E-state index contributed by atoms with van der Waals surface area (Å²) >= 11 is 0. The highest BCUT2D eigenvalue weighted by molar-refractivity contribution is 6.07. The van der Waals surface area contributed by atoms with Gasteiger partial charge in [0.1, 0.15) is 11.3 Å². The van der Waals surface area contributed by atoms with E-state index in [0.717, 1.165) is 11.3 Å². The van der Waals surface area contributed by atoms with E-state index in [9.17, 15) is 14.4 Å². The van der Waals surface area contributed by atoms with Crippen LogP contribution in [0.5, 0.6) is 5.75 Å². The zero-order valence-electron chi connectivity index (χ0n) is 14.1. The van der Waals surface area contributed by atoms with Gasteiger partial charge in [-0.25, -0.2) is 4.79 Å². The Bertz CT molecular complexity index is 628. The van der Waals surface area contributed by atoms with E-state index in [0.29, 0.717) is 17.9 Å². The van der Waals surface area contributed by atoms with Crippen LogP contribution in [0.2, 0.25) is 0 Å². The molecule has 3 amide bonds. The molecule has 1 aliphatic heterocycles. The summed E-state index contributed by atoms with van der Waals surface area (Å²) < 4.78 is 10.1. The number of amides is 3. The van der Waals surface area contributed by atoms with Gasteiger partial charge in [0.25, 0.3) is 5.91 Å². The highest BCUT2D eigenvalue weighted by Crippen LogP contribution is 2.30. The predicted molar refractivity (Wildman–Crippen MR) is 86.5 cm³/mol. The van der Waals surface area contributed by atoms with Crippen LogP contribution in [-0.4, -0.2) is 43.1 Å². The van der Waals surface area contributed by atoms with E-state index in [-0.39, 0.29) is 18.9 Å². The van der Waals surface area contributed by atoms with Gasteiger partial charge in [-0.15, -0.1) is 0 Å². The molecule has 1 saturated heterocycles. The lowest BCUT2D eigenvalue weighted by molar-refractivity contribution is -0.144. The van der Waals surface area contributed by atoms with Crippen molar-refractivity contribution >= 4 is 17.9 Å². The third-order valence-electron chi connectivity index (χ3n) is 3.95. The van der Waals surface area contributed by atoms with Crippen LogP contribution < -0.4 is 10.1 Å². The zero-order chi connectivity index (χ0) is 17.7. The van der Waals surface area contributed by atoms with E-state index >= 15 is 0 Å². The van der Waals surface area contributed by atoms with Crippen molar-refractivity contribution in [1.29, 1.82) is 0 Å². The van der Waals surface area contributed by atoms with Crippen LogP contribution in [0, 0.1) is 0 Å². The Morgan fingerprint density at radius 2 is 1.92 bits per heavy atom. The SMILES string of the molecule is CCCOC(=O)CCN1C(=O)N[C@@](C)(c2ccc(OC)cc2)C1=O. The van der Waals surface area contributed by atoms with E-state index in [1.54, 1.807) is 38.3 Å². The smallest absolute Gasteiger partial charge is 0.325 e. The molecule has 24 heavy (non-hydrogen) atoms. The fourth-order valence-electron chi connectivity index (χ4n) is 2.51. The van der Waals surface area contributed by atoms with Crippen molar-refractivity contribution < 1.29 is 23.9 Å². The Hall–Kier alpha value is -2.57. The molecule has 0 unspecified atom stereocenters. The quantitative estimate of drug-likeness (QED) is 0.607. The number of imide groups is 1. The molecule has 1 heterocycles. The van der Waals surface area contributed by atoms with Crippen molar-refractivity contribution in [2.45, 2.75) is 32.2 Å². The first-order valence-corrected chi connectivity index (χ1v) is 7.86. The maximum atomic E-state index is 12.7. The van der Waals surface area contributed by atoms with Gasteiger partial charge in [0.05, 0.1) is 20.1 Å². The molecule has 0 aliphatic carbocycles. The minimum absolute atomic E-state index is 0.00103. The standard InChI is InChI=1S/C17H22N2O5/c1-4-11-24-14(20)9-10-19-15(21)17(2,18-16(19)22)12-5-7-13(23-3)8-6-12/h5-8H,4,9-11H2,1-3H3,(H,18,22)/t17-/m0/s1. The number of nitrogens with zero attached hydrogens (tertiary/aromatic N) is 1. The summed E-state index contributed by atoms with van der Waals surface area (Å²) in [6.07, 6.45) is 0.711. The Morgan fingerprint density at radius 3 is 2.50 bits per heavy atom. The Labute approximate surface area is 140 Å². The maximum Gasteiger partial charge on any atom is 0.325 e. The second kappa shape index (κ2) is 7.33. The van der Waals surface area contributed by atoms with E-state index in [1.807, 2.05) is 6.92 Å². The monoisotopic (exact) mass is 334 g/mol. The Morgan fingerprint density at radius 1 is 1.25 bits per heavy atom. The Balaban J connectivity index is 2.07. The fraction of sp³-hybridized carbons (Fsp3) is 0.471. The van der Waals surface area contributed by atoms with Gasteiger partial charge in [0, 0.05) is 6.54 Å². The van der Waals surface area contributed by atoms with Gasteiger partial charge >= 0.3 is 12.0 Å². The number of hydrogen-bond donors (Lipinski definition) is 1. The first-order chi connectivity index (χ1) is 11.4. The number of hydrogen-bond acceptors (Lipinski definition) is 5. The van der Waals surface area contributed by atoms with Gasteiger partial charge in [-0.1, -0.05) is 19.1 Å². The van der Waals surface area contributed by atoms with Crippen molar-refractivity contribution in [3.63, 3.8) is 0 Å². The molecule has 0 aromatic heterocycles. The summed E-state index contributed by atoms with van der Waals surface area (Å²) in [5, 5.41) is 2.70. The minimum Gasteiger partial charge on any atom is -0.497 e. The Kier molecular flexibility index (Phi) is 5.43. The molecule has 0 radical (unpaired) electrons. The topological polar surface area (TPSA) is 84.9 Å². The number of benzene rings is 1. The molecule has 1 fully saturated rings. The molecule has 1 aliphatic rings. The highest BCUT2D eigenvalue weighted by Gasteiger charge is 2.48. The third-order valence-corrected chi connectivity index (χ3v) is 3.95. The first-order valence-electron chi connectivity index (χ1n) is 7.86. The molecule has 0 bridgehead atoms. The largest absolute Gasteiger partial charge is 0.497 e. The fourth-order valence-corrected chi connectivity index (χ4v) is 2.51. The average molecular weight is 334 g/mol. The summed E-state index contributed by atoms with van der Waals surface area (Å²) in [6.45, 7) is 3.87. The summed E-state index contributed by atoms with van der Waals surface area (Å²) in [5.41, 5.74) is -0.505. The minimum atomic E-state index is -1.16. The van der Waals surface area contributed by atoms with Gasteiger partial charge in [-0.3, -0.25) is 14.5 Å². The van der Waals surface area contributed by atoms with Crippen LogP contribution in [0.3, 0.4) is 0 Å². The maximum absolute atomic E-state index is 12.7. The second-order valence-corrected chi connectivity index (χ2v) is 5.71. The predicted octanol–water partition coefficient (Wildman–Crippen LogP) is 1.81. The van der Waals surface area contributed by atoms with Crippen molar-refractivity contribution in [3.05, 3.63) is 29.8 Å². The van der Waals surface area contributed by atoms with Gasteiger partial charge < -0.3 is 14.8 Å². The van der Waals surface area contributed by atoms with Crippen LogP contribution in [0.25, 0.3) is 0 Å². The van der Waals surface area contributed by atoms with Crippen molar-refractivity contribution in [2.24, 2.45) is 0 Å². The number of rotatable bonds is 7. The van der Waals surface area contributed by atoms with E-state index in [1.165, 1.54) is 0 Å². The molecule has 0 spiro atoms. The first kappa shape index (κ1) is 17.8. The van der Waals surface area contributed by atoms with Crippen LogP contribution >= 0.6 is 0 Å². The second-order valence-electron chi connectivity index (χ2n) is 5.71. The number of carbonyl (C=O) groups excluding carboxylic acids is 3. The van der Waals surface area contributed by atoms with Crippen molar-refractivity contribution in [3.8, 4) is 5.75 Å². The lowest BCUT2D eigenvalue weighted by Crippen LogP contribution is -2.41. The van der Waals surface area contributed by atoms with Gasteiger partial charge in [-0.2, -0.15) is 0 Å². The summed E-state index contributed by atoms with van der Waals surface area (Å²) in [7, 11) is 1.55. The van der Waals surface area contributed by atoms with Crippen LogP contribution in [0.1, 0.15) is 32.3 Å². The van der Waals surface area contributed by atoms with E-state index in [2.05, 4.69) is 5.32 Å². The molecule has 2 rings (SSSR count). The number of esters is 1. The van der Waals surface area contributed by atoms with Gasteiger partial charge in [0.15, 0.2) is 0 Å². The number of nitrogens with one attached hydrogen (secondary N) is 1. The summed E-state index contributed by atoms with van der Waals surface area (Å²) in [6, 6.07) is 6.41. The average Bonchev–Trinajstić information content (AvgIpc) is 2.81. The molecule has 1 N–H and O–H groups in total. The molecular formula is C17H22N2O5. The highest BCUT2D eigenvalue weighted by atomic mass is 16.5. The molecule has 1 aromatic carbocycles. The lowest BCUT2D eigenvalue weighted by atomic mass is 9.92. The summed E-state index contributed by atoms with van der Waals surface area (Å²) in [4.78, 5) is 37.4. The molecule has 7 heteroatoms. The number of carbonyl (C=O) groups is 3. The number of urea groups is 1. The molecule has 0 saturated carbocycles. The van der Waals surface area contributed by atoms with E-state index < -0.39 is 17.5 Å². The normalized spacial score (nSPS) is 20.0. The van der Waals surface area contributed by atoms with Crippen molar-refractivity contribution in [2.75, 3.05) is 20.3 Å². The van der Waals surface area contributed by atoms with Crippen LogP contribution in [-0.2, 0) is 19.9 Å². The van der Waals surface area contributed by atoms with Crippen LogP contribution in [0.4, 0.5) is 4.79 Å². The zero-order valence-corrected chi connectivity index (χ0v) is 14.1. The molecular weight excluding hydrogens is 312 g/mol. The molecule has 1 atom stereocenters. The number of ether oxygens (including phenoxy) is 2.